The van der Waals surface area contributed by atoms with Crippen molar-refractivity contribution in [3.8, 4) is 0 Å². The van der Waals surface area contributed by atoms with Gasteiger partial charge >= 0.3 is 0 Å². The average molecular weight is 589 g/mol. The van der Waals surface area contributed by atoms with E-state index in [1.54, 1.807) is 23.7 Å². The van der Waals surface area contributed by atoms with Gasteiger partial charge in [0.05, 0.1) is 41.4 Å². The van der Waals surface area contributed by atoms with Crippen LogP contribution in [0.4, 0.5) is 0 Å². The Morgan fingerprint density at radius 3 is 2.77 bits per heavy atom. The van der Waals surface area contributed by atoms with Gasteiger partial charge in [0.2, 0.25) is 5.91 Å². The van der Waals surface area contributed by atoms with Gasteiger partial charge in [0.25, 0.3) is 0 Å². The molecule has 5 rings (SSSR count). The minimum absolute atomic E-state index is 0.110. The molecule has 1 saturated heterocycles. The summed E-state index contributed by atoms with van der Waals surface area (Å²) in [7, 11) is -3.70. The third-order valence-electron chi connectivity index (χ3n) is 6.54. The van der Waals surface area contributed by atoms with Crippen molar-refractivity contribution in [2.75, 3.05) is 19.8 Å². The first-order valence-corrected chi connectivity index (χ1v) is 15.4. The summed E-state index contributed by atoms with van der Waals surface area (Å²) in [6, 6.07) is 16.0. The number of halogens is 1. The van der Waals surface area contributed by atoms with E-state index < -0.39 is 15.9 Å². The second kappa shape index (κ2) is 11.7. The smallest absolute Gasteiger partial charge is 0.239 e. The third kappa shape index (κ3) is 6.34. The Kier molecular flexibility index (Phi) is 8.36. The molecule has 39 heavy (non-hydrogen) atoms. The predicted molar refractivity (Wildman–Crippen MR) is 151 cm³/mol. The number of aliphatic hydroxyl groups is 1. The summed E-state index contributed by atoms with van der Waals surface area (Å²) in [5.74, 6) is -0.427. The van der Waals surface area contributed by atoms with Gasteiger partial charge in [0, 0.05) is 18.5 Å². The molecule has 0 bridgehead atoms. The van der Waals surface area contributed by atoms with Gasteiger partial charge in [-0.2, -0.15) is 5.10 Å². The Morgan fingerprint density at radius 1 is 1.26 bits per heavy atom. The summed E-state index contributed by atoms with van der Waals surface area (Å²) in [5, 5.41) is 21.9. The number of aliphatic hydroxyl groups excluding tert-OH is 1. The molecule has 9 nitrogen and oxygen atoms in total. The van der Waals surface area contributed by atoms with Crippen LogP contribution in [0.3, 0.4) is 0 Å². The minimum Gasteiger partial charge on any atom is -0.389 e. The van der Waals surface area contributed by atoms with E-state index in [2.05, 4.69) is 10.6 Å². The first-order chi connectivity index (χ1) is 18.7. The van der Waals surface area contributed by atoms with Crippen molar-refractivity contribution < 1.29 is 23.1 Å². The fourth-order valence-corrected chi connectivity index (χ4v) is 7.53. The number of aromatic nitrogens is 2. The second-order valence-corrected chi connectivity index (χ2v) is 13.4. The van der Waals surface area contributed by atoms with E-state index in [0.29, 0.717) is 53.8 Å². The normalized spacial score (nSPS) is 16.8. The topological polar surface area (TPSA) is 123 Å². The van der Waals surface area contributed by atoms with Crippen LogP contribution in [0.25, 0.3) is 10.9 Å². The van der Waals surface area contributed by atoms with Gasteiger partial charge in [0.1, 0.15) is 16.0 Å². The fourth-order valence-electron chi connectivity index (χ4n) is 4.68. The summed E-state index contributed by atoms with van der Waals surface area (Å²) in [4.78, 5) is 12.5. The number of benzene rings is 2. The lowest BCUT2D eigenvalue weighted by molar-refractivity contribution is -0.126. The highest BCUT2D eigenvalue weighted by atomic mass is 35.5. The zero-order chi connectivity index (χ0) is 27.6. The van der Waals surface area contributed by atoms with Gasteiger partial charge in [-0.15, -0.1) is 11.3 Å². The van der Waals surface area contributed by atoms with E-state index in [-0.39, 0.29) is 21.9 Å². The molecule has 3 N–H and O–H groups in total. The van der Waals surface area contributed by atoms with Gasteiger partial charge in [-0.05, 0) is 41.8 Å². The Morgan fingerprint density at radius 2 is 2.05 bits per heavy atom. The van der Waals surface area contributed by atoms with Crippen molar-refractivity contribution in [2.45, 2.75) is 42.1 Å². The Bertz CT molecular complexity index is 1590. The van der Waals surface area contributed by atoms with E-state index in [0.717, 1.165) is 28.0 Å². The van der Waals surface area contributed by atoms with Crippen molar-refractivity contribution in [3.05, 3.63) is 81.3 Å². The van der Waals surface area contributed by atoms with E-state index in [1.165, 1.54) is 6.07 Å². The molecule has 3 heterocycles. The number of nitrogens with zero attached hydrogens (tertiary/aromatic N) is 2. The van der Waals surface area contributed by atoms with Crippen LogP contribution in [0.2, 0.25) is 4.34 Å². The van der Waals surface area contributed by atoms with Crippen LogP contribution in [-0.4, -0.2) is 55.0 Å². The zero-order valence-electron chi connectivity index (χ0n) is 21.3. The molecule has 0 saturated carbocycles. The molecule has 2 atom stereocenters. The molecule has 0 aliphatic carbocycles. The Balaban J connectivity index is 1.41. The van der Waals surface area contributed by atoms with E-state index in [4.69, 9.17) is 21.4 Å². The summed E-state index contributed by atoms with van der Waals surface area (Å²) in [6.45, 7) is 3.99. The van der Waals surface area contributed by atoms with Crippen LogP contribution in [0, 0.1) is 0 Å². The number of carbonyl (C=O) groups is 1. The average Bonchev–Trinajstić information content (AvgIpc) is 3.52. The van der Waals surface area contributed by atoms with Crippen molar-refractivity contribution in [1.29, 1.82) is 0 Å². The van der Waals surface area contributed by atoms with Crippen LogP contribution in [0.1, 0.15) is 35.4 Å². The lowest BCUT2D eigenvalue weighted by Crippen LogP contribution is -2.51. The number of hydrogen-bond acceptors (Lipinski definition) is 8. The van der Waals surface area contributed by atoms with E-state index in [9.17, 15) is 18.3 Å². The number of fused-ring (bicyclic) bond motifs is 1. The van der Waals surface area contributed by atoms with Gasteiger partial charge in [-0.25, -0.2) is 8.42 Å². The molecule has 1 aliphatic rings. The molecular weight excluding hydrogens is 560 g/mol. The third-order valence-corrected chi connectivity index (χ3v) is 9.98. The molecule has 1 amide bonds. The maximum absolute atomic E-state index is 13.2. The lowest BCUT2D eigenvalue weighted by atomic mass is 10.0. The monoisotopic (exact) mass is 588 g/mol. The predicted octanol–water partition coefficient (Wildman–Crippen LogP) is 3.43. The maximum Gasteiger partial charge on any atom is 0.239 e. The minimum atomic E-state index is -3.70. The molecule has 1 unspecified atom stereocenters. The van der Waals surface area contributed by atoms with Gasteiger partial charge < -0.3 is 20.5 Å². The summed E-state index contributed by atoms with van der Waals surface area (Å²) >= 11 is 7.00. The first-order valence-electron chi connectivity index (χ1n) is 12.5. The van der Waals surface area contributed by atoms with Crippen LogP contribution in [0.5, 0.6) is 0 Å². The van der Waals surface area contributed by atoms with Gasteiger partial charge in [-0.1, -0.05) is 48.0 Å². The van der Waals surface area contributed by atoms with Crippen molar-refractivity contribution >= 4 is 49.6 Å². The Hall–Kier alpha value is -2.80. The number of ether oxygens (including phenoxy) is 1. The van der Waals surface area contributed by atoms with Crippen LogP contribution >= 0.6 is 22.9 Å². The number of thiophene rings is 1. The first kappa shape index (κ1) is 27.8. The standard InChI is InChI=1S/C27H29ClN4O5S2/c1-17(33)20-6-3-7-23-26(20)22(16-39(35,36)25-9-8-24(28)38-25)31-32(23)14-19-5-2-4-18(12-19)13-30-27(34)21-15-37-11-10-29-21/h2-9,12,17,21,29,33H,10-11,13-16H2,1H3,(H,30,34)/t17?,21-/m1/s1. The van der Waals surface area contributed by atoms with E-state index in [1.807, 2.05) is 36.4 Å². The summed E-state index contributed by atoms with van der Waals surface area (Å²) in [5.41, 5.74) is 3.58. The van der Waals surface area contributed by atoms with Gasteiger partial charge in [0.15, 0.2) is 9.84 Å². The van der Waals surface area contributed by atoms with E-state index >= 15 is 0 Å². The number of hydrogen-bond donors (Lipinski definition) is 3. The van der Waals surface area contributed by atoms with Crippen molar-refractivity contribution in [2.24, 2.45) is 0 Å². The van der Waals surface area contributed by atoms with Crippen LogP contribution in [0.15, 0.2) is 58.8 Å². The maximum atomic E-state index is 13.2. The summed E-state index contributed by atoms with van der Waals surface area (Å²) in [6.07, 6.45) is -0.806. The van der Waals surface area contributed by atoms with Gasteiger partial charge in [-0.3, -0.25) is 9.48 Å². The number of sulfone groups is 1. The zero-order valence-corrected chi connectivity index (χ0v) is 23.7. The number of amides is 1. The lowest BCUT2D eigenvalue weighted by Gasteiger charge is -2.22. The highest BCUT2D eigenvalue weighted by Crippen LogP contribution is 2.33. The van der Waals surface area contributed by atoms with Crippen LogP contribution < -0.4 is 10.6 Å². The molecule has 12 heteroatoms. The molecule has 4 aromatic rings. The number of carbonyl (C=O) groups excluding carboxylic acids is 1. The molecular formula is C27H29ClN4O5S2. The summed E-state index contributed by atoms with van der Waals surface area (Å²) < 4.78 is 34.1. The molecule has 1 aliphatic heterocycles. The number of morpholine rings is 1. The quantitative estimate of drug-likeness (QED) is 0.274. The van der Waals surface area contributed by atoms with Crippen LogP contribution in [-0.2, 0) is 38.2 Å². The molecule has 0 radical (unpaired) electrons. The molecule has 1 fully saturated rings. The largest absolute Gasteiger partial charge is 0.389 e. The highest BCUT2D eigenvalue weighted by Gasteiger charge is 2.25. The molecule has 2 aromatic carbocycles. The fraction of sp³-hybridized carbons (Fsp3) is 0.333. The van der Waals surface area contributed by atoms with Crippen molar-refractivity contribution in [1.82, 2.24) is 20.4 Å². The SMILES string of the molecule is CC(O)c1cccc2c1c(CS(=O)(=O)c1ccc(Cl)s1)nn2Cc1cccc(CNC(=O)[C@H]2COCCN2)c1. The van der Waals surface area contributed by atoms with Crippen molar-refractivity contribution in [3.63, 3.8) is 0 Å². The number of rotatable bonds is 9. The second-order valence-electron chi connectivity index (χ2n) is 9.46. The highest BCUT2D eigenvalue weighted by molar-refractivity contribution is 7.92. The molecule has 2 aromatic heterocycles. The Labute approximate surface area is 235 Å². The number of nitrogens with one attached hydrogen (secondary N) is 2. The molecule has 0 spiro atoms. The molecule has 206 valence electrons.